The first kappa shape index (κ1) is 24.9. The van der Waals surface area contributed by atoms with E-state index >= 15 is 0 Å². The van der Waals surface area contributed by atoms with Crippen molar-refractivity contribution in [1.29, 1.82) is 0 Å². The molecule has 188 valence electrons. The number of aryl methyl sites for hydroxylation is 2. The zero-order valence-electron chi connectivity index (χ0n) is 22.3. The molecule has 0 radical (unpaired) electrons. The predicted molar refractivity (Wildman–Crippen MR) is 169 cm³/mol. The summed E-state index contributed by atoms with van der Waals surface area (Å²) in [6.45, 7) is 4.26. The van der Waals surface area contributed by atoms with Crippen LogP contribution in [-0.2, 0) is 0 Å². The minimum absolute atomic E-state index is 1.14. The van der Waals surface area contributed by atoms with Gasteiger partial charge in [0.1, 0.15) is 0 Å². The molecular formula is C37H30NP. The fourth-order valence-corrected chi connectivity index (χ4v) is 6.17. The first-order valence-electron chi connectivity index (χ1n) is 13.3. The summed E-state index contributed by atoms with van der Waals surface area (Å²) < 4.78 is 0. The number of hydrogen-bond acceptors (Lipinski definition) is 1. The molecule has 6 rings (SSSR count). The Hall–Kier alpha value is -4.45. The fourth-order valence-electron chi connectivity index (χ4n) is 4.90. The molecule has 0 aliphatic heterocycles. The van der Waals surface area contributed by atoms with E-state index in [1.807, 2.05) is 0 Å². The minimum atomic E-state index is 1.14. The summed E-state index contributed by atoms with van der Waals surface area (Å²) in [5.41, 5.74) is 11.0. The van der Waals surface area contributed by atoms with Crippen LogP contribution in [0.3, 0.4) is 0 Å². The molecule has 1 nitrogen and oxygen atoms in total. The minimum Gasteiger partial charge on any atom is -0.311 e. The Labute approximate surface area is 233 Å². The normalized spacial score (nSPS) is 11.0. The van der Waals surface area contributed by atoms with Gasteiger partial charge in [-0.3, -0.25) is 0 Å². The lowest BCUT2D eigenvalue weighted by molar-refractivity contribution is 1.27. The van der Waals surface area contributed by atoms with E-state index in [2.05, 4.69) is 164 Å². The molecule has 0 aliphatic carbocycles. The van der Waals surface area contributed by atoms with Crippen LogP contribution in [0.5, 0.6) is 0 Å². The summed E-state index contributed by atoms with van der Waals surface area (Å²) in [6.07, 6.45) is 0. The molecule has 1 aromatic heterocycles. The number of nitrogens with zero attached hydrogens (tertiary/aromatic N) is 1. The SMILES string of the molecule is Cc1ccc(N(c2ccc(C)cc2)c2ccc(-c3ccc(-c4ccccc4)pc3-c3ccccc3)cc2)cc1. The molecule has 6 aromatic rings. The molecule has 0 atom stereocenters. The van der Waals surface area contributed by atoms with E-state index in [1.165, 1.54) is 52.2 Å². The molecule has 0 fully saturated rings. The third kappa shape index (κ3) is 5.41. The Bertz CT molecular complexity index is 1630. The molecule has 1 heterocycles. The van der Waals surface area contributed by atoms with E-state index in [9.17, 15) is 0 Å². The van der Waals surface area contributed by atoms with Gasteiger partial charge in [-0.15, -0.1) is 0 Å². The highest BCUT2D eigenvalue weighted by Crippen LogP contribution is 2.44. The van der Waals surface area contributed by atoms with Gasteiger partial charge in [-0.1, -0.05) is 122 Å². The second-order valence-electron chi connectivity index (χ2n) is 9.88. The first-order chi connectivity index (χ1) is 19.2. The van der Waals surface area contributed by atoms with Gasteiger partial charge in [-0.2, -0.15) is 0 Å². The van der Waals surface area contributed by atoms with E-state index < -0.39 is 0 Å². The molecule has 5 aromatic carbocycles. The van der Waals surface area contributed by atoms with Crippen LogP contribution < -0.4 is 4.90 Å². The van der Waals surface area contributed by atoms with Crippen LogP contribution in [0.25, 0.3) is 32.8 Å². The highest BCUT2D eigenvalue weighted by molar-refractivity contribution is 7.37. The van der Waals surface area contributed by atoms with Gasteiger partial charge in [0.2, 0.25) is 0 Å². The maximum Gasteiger partial charge on any atom is 0.0462 e. The van der Waals surface area contributed by atoms with Crippen LogP contribution in [0.2, 0.25) is 0 Å². The Morgan fingerprint density at radius 2 is 0.872 bits per heavy atom. The molecule has 2 heteroatoms. The summed E-state index contributed by atoms with van der Waals surface area (Å²) in [5.74, 6) is 0. The molecule has 0 spiro atoms. The van der Waals surface area contributed by atoms with Gasteiger partial charge in [0.25, 0.3) is 0 Å². The van der Waals surface area contributed by atoms with Crippen molar-refractivity contribution in [3.8, 4) is 32.8 Å². The summed E-state index contributed by atoms with van der Waals surface area (Å²) in [6, 6.07) is 52.5. The Balaban J connectivity index is 1.43. The highest BCUT2D eigenvalue weighted by Gasteiger charge is 2.15. The molecule has 0 bridgehead atoms. The summed E-state index contributed by atoms with van der Waals surface area (Å²) >= 11 is 0. The number of hydrogen-bond donors (Lipinski definition) is 0. The van der Waals surface area contributed by atoms with E-state index in [0.717, 1.165) is 17.1 Å². The number of benzene rings is 5. The van der Waals surface area contributed by atoms with Crippen molar-refractivity contribution < 1.29 is 0 Å². The van der Waals surface area contributed by atoms with Gasteiger partial charge in [-0.05, 0) is 78.6 Å². The molecule has 0 saturated carbocycles. The zero-order chi connectivity index (χ0) is 26.6. The van der Waals surface area contributed by atoms with Gasteiger partial charge < -0.3 is 4.90 Å². The summed E-state index contributed by atoms with van der Waals surface area (Å²) in [4.78, 5) is 2.32. The smallest absolute Gasteiger partial charge is 0.0462 e. The van der Waals surface area contributed by atoms with Crippen molar-refractivity contribution in [1.82, 2.24) is 0 Å². The lowest BCUT2D eigenvalue weighted by Crippen LogP contribution is -2.09. The molecule has 0 aliphatic rings. The van der Waals surface area contributed by atoms with Crippen LogP contribution in [0.4, 0.5) is 17.1 Å². The monoisotopic (exact) mass is 519 g/mol. The predicted octanol–water partition coefficient (Wildman–Crippen LogP) is 11.4. The zero-order valence-corrected chi connectivity index (χ0v) is 23.1. The molecule has 0 N–H and O–H groups in total. The second kappa shape index (κ2) is 11.1. The van der Waals surface area contributed by atoms with Crippen molar-refractivity contribution in [2.45, 2.75) is 13.8 Å². The lowest BCUT2D eigenvalue weighted by Gasteiger charge is -2.26. The van der Waals surface area contributed by atoms with E-state index in [1.54, 1.807) is 0 Å². The van der Waals surface area contributed by atoms with Crippen LogP contribution in [0.15, 0.2) is 146 Å². The topological polar surface area (TPSA) is 3.24 Å². The molecule has 0 saturated heterocycles. The molecule has 0 amide bonds. The van der Waals surface area contributed by atoms with Crippen LogP contribution in [0.1, 0.15) is 11.1 Å². The van der Waals surface area contributed by atoms with Crippen LogP contribution >= 0.6 is 8.19 Å². The van der Waals surface area contributed by atoms with Gasteiger partial charge in [-0.25, -0.2) is 0 Å². The van der Waals surface area contributed by atoms with E-state index in [0.29, 0.717) is 0 Å². The second-order valence-corrected chi connectivity index (χ2v) is 11.0. The maximum atomic E-state index is 2.32. The average Bonchev–Trinajstić information content (AvgIpc) is 3.00. The lowest BCUT2D eigenvalue weighted by atomic mass is 10.0. The van der Waals surface area contributed by atoms with Gasteiger partial charge in [0.05, 0.1) is 0 Å². The molecule has 0 unspecified atom stereocenters. The largest absolute Gasteiger partial charge is 0.311 e. The quantitative estimate of drug-likeness (QED) is 0.211. The van der Waals surface area contributed by atoms with Crippen LogP contribution in [-0.4, -0.2) is 0 Å². The highest BCUT2D eigenvalue weighted by atomic mass is 31.0. The Morgan fingerprint density at radius 3 is 1.38 bits per heavy atom. The van der Waals surface area contributed by atoms with Crippen molar-refractivity contribution >= 4 is 25.3 Å². The molecule has 39 heavy (non-hydrogen) atoms. The van der Waals surface area contributed by atoms with Gasteiger partial charge in [0, 0.05) is 27.7 Å². The van der Waals surface area contributed by atoms with Crippen molar-refractivity contribution in [2.75, 3.05) is 4.90 Å². The number of rotatable bonds is 6. The fraction of sp³-hybridized carbons (Fsp3) is 0.0541. The molecular weight excluding hydrogens is 489 g/mol. The third-order valence-electron chi connectivity index (χ3n) is 7.03. The van der Waals surface area contributed by atoms with E-state index in [4.69, 9.17) is 0 Å². The van der Waals surface area contributed by atoms with Crippen molar-refractivity contribution in [3.05, 3.63) is 157 Å². The Kier molecular flexibility index (Phi) is 7.09. The standard InChI is InChI=1S/C37H30NP/c1-27-13-19-32(20-14-27)38(33-21-15-28(2)16-22-33)34-23-17-29(18-24-34)35-25-26-36(30-9-5-3-6-10-30)39-37(35)31-11-7-4-8-12-31/h3-26H,1-2H3. The third-order valence-corrected chi connectivity index (χ3v) is 8.40. The van der Waals surface area contributed by atoms with Gasteiger partial charge in [0.15, 0.2) is 0 Å². The number of anilines is 3. The van der Waals surface area contributed by atoms with Crippen LogP contribution in [0, 0.1) is 13.8 Å². The Morgan fingerprint density at radius 1 is 0.410 bits per heavy atom. The summed E-state index contributed by atoms with van der Waals surface area (Å²) in [5, 5.41) is 2.65. The van der Waals surface area contributed by atoms with Crippen molar-refractivity contribution in [2.24, 2.45) is 0 Å². The average molecular weight is 520 g/mol. The van der Waals surface area contributed by atoms with Crippen molar-refractivity contribution in [3.63, 3.8) is 0 Å². The first-order valence-corrected chi connectivity index (χ1v) is 14.2. The van der Waals surface area contributed by atoms with E-state index in [-0.39, 0.29) is 0 Å². The van der Waals surface area contributed by atoms with Gasteiger partial charge >= 0.3 is 0 Å². The summed E-state index contributed by atoms with van der Waals surface area (Å²) in [7, 11) is 1.22. The maximum absolute atomic E-state index is 2.32.